The summed E-state index contributed by atoms with van der Waals surface area (Å²) in [6.07, 6.45) is 1.88. The van der Waals surface area contributed by atoms with Gasteiger partial charge in [0.05, 0.1) is 0 Å². The Kier molecular flexibility index (Phi) is 4.62. The predicted octanol–water partition coefficient (Wildman–Crippen LogP) is 3.92. The minimum absolute atomic E-state index is 0.561. The van der Waals surface area contributed by atoms with Gasteiger partial charge in [-0.25, -0.2) is 0 Å². The molecule has 0 spiro atoms. The van der Waals surface area contributed by atoms with Crippen LogP contribution >= 0.6 is 0 Å². The van der Waals surface area contributed by atoms with E-state index >= 15 is 0 Å². The Morgan fingerprint density at radius 1 is 1.19 bits per heavy atom. The third kappa shape index (κ3) is 5.03. The summed E-state index contributed by atoms with van der Waals surface area (Å²) in [7, 11) is -1.57. The van der Waals surface area contributed by atoms with Crippen molar-refractivity contribution in [2.45, 2.75) is 33.2 Å². The SMILES string of the molecule is CC=C(OCc1ccccc1)O[Si](C)(C)C. The van der Waals surface area contributed by atoms with Crippen LogP contribution in [0.4, 0.5) is 0 Å². The maximum absolute atomic E-state index is 5.79. The molecule has 0 aliphatic carbocycles. The number of hydrogen-bond acceptors (Lipinski definition) is 2. The van der Waals surface area contributed by atoms with Crippen molar-refractivity contribution in [2.24, 2.45) is 0 Å². The highest BCUT2D eigenvalue weighted by molar-refractivity contribution is 6.69. The van der Waals surface area contributed by atoms with E-state index in [2.05, 4.69) is 19.6 Å². The molecule has 0 fully saturated rings. The van der Waals surface area contributed by atoms with E-state index in [9.17, 15) is 0 Å². The molecule has 0 heterocycles. The van der Waals surface area contributed by atoms with Crippen LogP contribution in [-0.4, -0.2) is 8.32 Å². The number of allylic oxidation sites excluding steroid dienone is 1. The van der Waals surface area contributed by atoms with Gasteiger partial charge in [-0.3, -0.25) is 0 Å². The summed E-state index contributed by atoms with van der Waals surface area (Å²) in [6, 6.07) is 10.1. The maximum Gasteiger partial charge on any atom is 0.261 e. The van der Waals surface area contributed by atoms with E-state index in [4.69, 9.17) is 9.16 Å². The number of benzene rings is 1. The molecular formula is C13H20O2Si. The Morgan fingerprint density at radius 2 is 1.81 bits per heavy atom. The van der Waals surface area contributed by atoms with Gasteiger partial charge in [-0.15, -0.1) is 0 Å². The van der Waals surface area contributed by atoms with Crippen molar-refractivity contribution >= 4 is 8.32 Å². The van der Waals surface area contributed by atoms with Crippen molar-refractivity contribution in [1.82, 2.24) is 0 Å². The number of rotatable bonds is 5. The monoisotopic (exact) mass is 236 g/mol. The molecule has 0 saturated carbocycles. The van der Waals surface area contributed by atoms with Crippen molar-refractivity contribution in [3.63, 3.8) is 0 Å². The summed E-state index contributed by atoms with van der Waals surface area (Å²) >= 11 is 0. The zero-order chi connectivity index (χ0) is 12.0. The lowest BCUT2D eigenvalue weighted by Crippen LogP contribution is -2.25. The molecule has 0 bridgehead atoms. The Morgan fingerprint density at radius 3 is 2.31 bits per heavy atom. The fourth-order valence-electron chi connectivity index (χ4n) is 1.20. The van der Waals surface area contributed by atoms with Gasteiger partial charge in [-0.2, -0.15) is 0 Å². The first-order chi connectivity index (χ1) is 7.51. The molecule has 0 atom stereocenters. The Hall–Kier alpha value is -1.22. The predicted molar refractivity (Wildman–Crippen MR) is 69.4 cm³/mol. The minimum Gasteiger partial charge on any atom is -0.520 e. The van der Waals surface area contributed by atoms with Crippen LogP contribution in [0.15, 0.2) is 42.4 Å². The summed E-state index contributed by atoms with van der Waals surface area (Å²) < 4.78 is 11.4. The topological polar surface area (TPSA) is 18.5 Å². The fraction of sp³-hybridized carbons (Fsp3) is 0.385. The third-order valence-corrected chi connectivity index (χ3v) is 2.68. The van der Waals surface area contributed by atoms with Gasteiger partial charge in [0.15, 0.2) is 0 Å². The van der Waals surface area contributed by atoms with E-state index in [0.29, 0.717) is 12.6 Å². The lowest BCUT2D eigenvalue weighted by molar-refractivity contribution is 0.0914. The summed E-state index contributed by atoms with van der Waals surface area (Å²) in [4.78, 5) is 0. The highest BCUT2D eigenvalue weighted by atomic mass is 28.4. The minimum atomic E-state index is -1.57. The molecule has 0 aliphatic heterocycles. The van der Waals surface area contributed by atoms with E-state index in [-0.39, 0.29) is 0 Å². The Labute approximate surface area is 99.0 Å². The van der Waals surface area contributed by atoms with Crippen LogP contribution in [0.3, 0.4) is 0 Å². The summed E-state index contributed by atoms with van der Waals surface area (Å²) in [5.41, 5.74) is 1.15. The molecule has 0 saturated heterocycles. The molecule has 0 amide bonds. The summed E-state index contributed by atoms with van der Waals surface area (Å²) in [5, 5.41) is 0. The lowest BCUT2D eigenvalue weighted by Gasteiger charge is -2.21. The smallest absolute Gasteiger partial charge is 0.261 e. The molecule has 1 aromatic carbocycles. The number of ether oxygens (including phenoxy) is 1. The third-order valence-electron chi connectivity index (χ3n) is 1.87. The highest BCUT2D eigenvalue weighted by Gasteiger charge is 2.18. The van der Waals surface area contributed by atoms with Crippen LogP contribution in [0, 0.1) is 0 Å². The summed E-state index contributed by atoms with van der Waals surface area (Å²) in [5.74, 6) is 0.642. The molecule has 0 aromatic heterocycles. The lowest BCUT2D eigenvalue weighted by atomic mass is 10.2. The standard InChI is InChI=1S/C13H20O2Si/c1-5-13(15-16(2,3)4)14-11-12-9-7-6-8-10-12/h5-10H,11H2,1-4H3. The van der Waals surface area contributed by atoms with Gasteiger partial charge in [0, 0.05) is 0 Å². The number of hydrogen-bond donors (Lipinski definition) is 0. The molecule has 0 radical (unpaired) electrons. The molecule has 0 N–H and O–H groups in total. The largest absolute Gasteiger partial charge is 0.520 e. The van der Waals surface area contributed by atoms with Crippen molar-refractivity contribution in [3.8, 4) is 0 Å². The van der Waals surface area contributed by atoms with E-state index in [1.54, 1.807) is 0 Å². The molecular weight excluding hydrogens is 216 g/mol. The first-order valence-electron chi connectivity index (χ1n) is 5.53. The van der Waals surface area contributed by atoms with Crippen LogP contribution in [0.25, 0.3) is 0 Å². The second kappa shape index (κ2) is 5.75. The fourth-order valence-corrected chi connectivity index (χ4v) is 1.98. The van der Waals surface area contributed by atoms with E-state index in [1.165, 1.54) is 0 Å². The van der Waals surface area contributed by atoms with Gasteiger partial charge in [-0.05, 0) is 38.2 Å². The van der Waals surface area contributed by atoms with E-state index in [0.717, 1.165) is 5.56 Å². The molecule has 16 heavy (non-hydrogen) atoms. The van der Waals surface area contributed by atoms with Crippen LogP contribution in [0.1, 0.15) is 12.5 Å². The van der Waals surface area contributed by atoms with E-state index in [1.807, 2.05) is 43.3 Å². The van der Waals surface area contributed by atoms with Gasteiger partial charge in [0.2, 0.25) is 8.32 Å². The maximum atomic E-state index is 5.79. The van der Waals surface area contributed by atoms with Gasteiger partial charge >= 0.3 is 0 Å². The average Bonchev–Trinajstić information content (AvgIpc) is 2.24. The zero-order valence-electron chi connectivity index (χ0n) is 10.5. The van der Waals surface area contributed by atoms with Crippen molar-refractivity contribution in [1.29, 1.82) is 0 Å². The Bertz CT molecular complexity index is 339. The molecule has 1 aromatic rings. The van der Waals surface area contributed by atoms with Crippen LogP contribution in [-0.2, 0) is 15.8 Å². The molecule has 3 heteroatoms. The van der Waals surface area contributed by atoms with E-state index < -0.39 is 8.32 Å². The normalized spacial score (nSPS) is 12.4. The van der Waals surface area contributed by atoms with Crippen molar-refractivity contribution in [3.05, 3.63) is 47.9 Å². The van der Waals surface area contributed by atoms with Crippen molar-refractivity contribution < 1.29 is 9.16 Å². The molecule has 0 aliphatic rings. The summed E-state index contributed by atoms with van der Waals surface area (Å²) in [6.45, 7) is 8.92. The molecule has 1 rings (SSSR count). The average molecular weight is 236 g/mol. The second-order valence-electron chi connectivity index (χ2n) is 4.60. The first kappa shape index (κ1) is 12.8. The molecule has 0 unspecified atom stereocenters. The van der Waals surface area contributed by atoms with Crippen LogP contribution in [0.2, 0.25) is 19.6 Å². The zero-order valence-corrected chi connectivity index (χ0v) is 11.5. The van der Waals surface area contributed by atoms with Crippen molar-refractivity contribution in [2.75, 3.05) is 0 Å². The Balaban J connectivity index is 2.48. The van der Waals surface area contributed by atoms with Gasteiger partial charge in [0.25, 0.3) is 5.95 Å². The second-order valence-corrected chi connectivity index (χ2v) is 9.03. The first-order valence-corrected chi connectivity index (χ1v) is 8.94. The van der Waals surface area contributed by atoms with Gasteiger partial charge in [0.1, 0.15) is 6.61 Å². The quantitative estimate of drug-likeness (QED) is 0.570. The molecule has 2 nitrogen and oxygen atoms in total. The van der Waals surface area contributed by atoms with Gasteiger partial charge < -0.3 is 9.16 Å². The molecule has 88 valence electrons. The highest BCUT2D eigenvalue weighted by Crippen LogP contribution is 2.13. The van der Waals surface area contributed by atoms with Crippen LogP contribution < -0.4 is 0 Å². The van der Waals surface area contributed by atoms with Gasteiger partial charge in [-0.1, -0.05) is 30.3 Å². The van der Waals surface area contributed by atoms with Crippen LogP contribution in [0.5, 0.6) is 0 Å².